The van der Waals surface area contributed by atoms with Crippen LogP contribution in [0.15, 0.2) is 23.1 Å². The number of anilines is 1. The zero-order valence-corrected chi connectivity index (χ0v) is 19.3. The second kappa shape index (κ2) is 8.46. The molecule has 0 spiro atoms. The fourth-order valence-corrected chi connectivity index (χ4v) is 5.44. The zero-order chi connectivity index (χ0) is 22.2. The highest BCUT2D eigenvalue weighted by Crippen LogP contribution is 2.44. The van der Waals surface area contributed by atoms with Crippen LogP contribution in [0.3, 0.4) is 0 Å². The molecule has 0 saturated carbocycles. The van der Waals surface area contributed by atoms with Crippen molar-refractivity contribution in [3.63, 3.8) is 0 Å². The summed E-state index contributed by atoms with van der Waals surface area (Å²) in [5.41, 5.74) is 3.45. The summed E-state index contributed by atoms with van der Waals surface area (Å²) in [5, 5.41) is -0.447. The summed E-state index contributed by atoms with van der Waals surface area (Å²) < 4.78 is 4.96. The van der Waals surface area contributed by atoms with Crippen molar-refractivity contribution >= 4 is 40.6 Å². The van der Waals surface area contributed by atoms with Crippen LogP contribution in [0.25, 0.3) is 6.08 Å². The van der Waals surface area contributed by atoms with Crippen LogP contribution in [0.5, 0.6) is 0 Å². The van der Waals surface area contributed by atoms with Crippen LogP contribution in [0.1, 0.15) is 65.0 Å². The van der Waals surface area contributed by atoms with Gasteiger partial charge in [0.15, 0.2) is 0 Å². The number of amides is 2. The Hall–Kier alpha value is -2.28. The minimum Gasteiger partial charge on any atom is -0.464 e. The molecule has 2 amide bonds. The molecule has 0 bridgehead atoms. The van der Waals surface area contributed by atoms with Crippen molar-refractivity contribution in [3.05, 3.63) is 34.2 Å². The molecule has 7 heteroatoms. The molecule has 0 radical (unpaired) electrons. The first-order valence-electron chi connectivity index (χ1n) is 10.5. The normalized spacial score (nSPS) is 23.0. The number of ether oxygens (including phenoxy) is 1. The number of fused-ring (bicyclic) bond motifs is 1. The van der Waals surface area contributed by atoms with Gasteiger partial charge < -0.3 is 9.64 Å². The van der Waals surface area contributed by atoms with Crippen molar-refractivity contribution in [1.82, 2.24) is 4.90 Å². The van der Waals surface area contributed by atoms with Crippen molar-refractivity contribution in [2.24, 2.45) is 0 Å². The summed E-state index contributed by atoms with van der Waals surface area (Å²) in [6.07, 6.45) is 2.79. The Kier molecular flexibility index (Phi) is 6.32. The van der Waals surface area contributed by atoms with Gasteiger partial charge in [-0.1, -0.05) is 13.0 Å². The summed E-state index contributed by atoms with van der Waals surface area (Å²) >= 11 is 0.864. The Balaban J connectivity index is 1.90. The van der Waals surface area contributed by atoms with E-state index in [-0.39, 0.29) is 12.1 Å². The lowest BCUT2D eigenvalue weighted by atomic mass is 9.79. The zero-order valence-electron chi connectivity index (χ0n) is 18.5. The third kappa shape index (κ3) is 4.00. The first-order chi connectivity index (χ1) is 14.1. The van der Waals surface area contributed by atoms with E-state index < -0.39 is 23.2 Å². The molecule has 0 aromatic heterocycles. The van der Waals surface area contributed by atoms with Gasteiger partial charge in [-0.25, -0.2) is 4.79 Å². The number of rotatable bonds is 5. The number of nitrogens with zero attached hydrogens (tertiary/aromatic N) is 2. The van der Waals surface area contributed by atoms with Crippen LogP contribution >= 0.6 is 11.8 Å². The highest BCUT2D eigenvalue weighted by atomic mass is 32.2. The molecule has 2 heterocycles. The summed E-state index contributed by atoms with van der Waals surface area (Å²) in [5.74, 6) is -0.636. The lowest BCUT2D eigenvalue weighted by Gasteiger charge is -2.47. The summed E-state index contributed by atoms with van der Waals surface area (Å²) in [6.45, 7) is 13.3. The molecule has 1 saturated heterocycles. The van der Waals surface area contributed by atoms with Crippen LogP contribution in [0, 0.1) is 0 Å². The third-order valence-electron chi connectivity index (χ3n) is 5.86. The topological polar surface area (TPSA) is 66.9 Å². The summed E-state index contributed by atoms with van der Waals surface area (Å²) in [7, 11) is 0. The van der Waals surface area contributed by atoms with Crippen molar-refractivity contribution in [2.75, 3.05) is 18.1 Å². The number of carbonyl (C=O) groups is 3. The number of benzene rings is 1. The van der Waals surface area contributed by atoms with E-state index in [1.807, 2.05) is 6.07 Å². The van der Waals surface area contributed by atoms with Crippen molar-refractivity contribution in [2.45, 2.75) is 65.5 Å². The van der Waals surface area contributed by atoms with E-state index >= 15 is 0 Å². The molecule has 3 rings (SSSR count). The van der Waals surface area contributed by atoms with Gasteiger partial charge in [0, 0.05) is 17.8 Å². The highest BCUT2D eigenvalue weighted by Gasteiger charge is 2.41. The lowest BCUT2D eigenvalue weighted by Crippen LogP contribution is -2.48. The van der Waals surface area contributed by atoms with Crippen LogP contribution in [-0.4, -0.2) is 46.7 Å². The maximum absolute atomic E-state index is 12.8. The van der Waals surface area contributed by atoms with E-state index in [9.17, 15) is 14.4 Å². The van der Waals surface area contributed by atoms with Gasteiger partial charge in [0.2, 0.25) is 0 Å². The summed E-state index contributed by atoms with van der Waals surface area (Å²) in [4.78, 5) is 40.9. The molecule has 1 fully saturated rings. The van der Waals surface area contributed by atoms with Gasteiger partial charge >= 0.3 is 5.97 Å². The van der Waals surface area contributed by atoms with Crippen LogP contribution in [0.4, 0.5) is 10.5 Å². The predicted octanol–water partition coefficient (Wildman–Crippen LogP) is 4.79. The van der Waals surface area contributed by atoms with Gasteiger partial charge in [0.25, 0.3) is 11.1 Å². The van der Waals surface area contributed by atoms with E-state index in [1.54, 1.807) is 13.0 Å². The largest absolute Gasteiger partial charge is 0.464 e. The molecule has 2 atom stereocenters. The van der Waals surface area contributed by atoms with Crippen molar-refractivity contribution in [3.8, 4) is 0 Å². The van der Waals surface area contributed by atoms with Gasteiger partial charge in [-0.2, -0.15) is 0 Å². The second-order valence-corrected chi connectivity index (χ2v) is 9.45. The third-order valence-corrected chi connectivity index (χ3v) is 6.75. The monoisotopic (exact) mass is 430 g/mol. The predicted molar refractivity (Wildman–Crippen MR) is 120 cm³/mol. The van der Waals surface area contributed by atoms with Gasteiger partial charge in [-0.3, -0.25) is 14.5 Å². The number of imide groups is 1. The maximum atomic E-state index is 12.8. The first-order valence-corrected chi connectivity index (χ1v) is 11.3. The molecule has 1 aromatic carbocycles. The Bertz CT molecular complexity index is 908. The molecule has 2 aliphatic heterocycles. The number of thioether (sulfide) groups is 1. The van der Waals surface area contributed by atoms with E-state index in [0.29, 0.717) is 10.8 Å². The fourth-order valence-electron chi connectivity index (χ4n) is 4.53. The molecular formula is C23H30N2O4S. The number of esters is 1. The Morgan fingerprint density at radius 2 is 2.03 bits per heavy atom. The SMILES string of the molecule is CCOC(=O)[C@@H](C)N1C(=O)S/C(=C/c2ccc3c(c2)[C@@H](C)CC(C)(C)N3CC)C1=O. The lowest BCUT2D eigenvalue weighted by molar-refractivity contribution is -0.150. The maximum Gasteiger partial charge on any atom is 0.329 e. The molecule has 6 nitrogen and oxygen atoms in total. The standard InChI is InChI=1S/C23H30N2O4S/c1-7-24-18-10-9-16(11-17(18)14(3)13-23(24,5)6)12-19-20(26)25(22(28)30-19)15(4)21(27)29-8-2/h9-12,14-15H,7-8,13H2,1-6H3/b19-12+/t14-,15+/m0/s1. The minimum atomic E-state index is -0.938. The van der Waals surface area contributed by atoms with E-state index in [2.05, 4.69) is 44.7 Å². The van der Waals surface area contributed by atoms with Crippen LogP contribution in [-0.2, 0) is 14.3 Å². The highest BCUT2D eigenvalue weighted by molar-refractivity contribution is 8.18. The molecule has 162 valence electrons. The molecule has 1 aromatic rings. The molecule has 0 N–H and O–H groups in total. The Morgan fingerprint density at radius 1 is 1.33 bits per heavy atom. The van der Waals surface area contributed by atoms with Crippen LogP contribution < -0.4 is 4.90 Å². The molecule has 2 aliphatic rings. The van der Waals surface area contributed by atoms with Gasteiger partial charge in [0.1, 0.15) is 6.04 Å². The number of hydrogen-bond donors (Lipinski definition) is 0. The van der Waals surface area contributed by atoms with Gasteiger partial charge in [0.05, 0.1) is 11.5 Å². The number of hydrogen-bond acceptors (Lipinski definition) is 6. The Morgan fingerprint density at radius 3 is 2.67 bits per heavy atom. The van der Waals surface area contributed by atoms with E-state index in [1.165, 1.54) is 18.2 Å². The second-order valence-electron chi connectivity index (χ2n) is 8.46. The Labute approximate surface area is 182 Å². The van der Waals surface area contributed by atoms with E-state index in [0.717, 1.165) is 35.2 Å². The van der Waals surface area contributed by atoms with Crippen LogP contribution in [0.2, 0.25) is 0 Å². The smallest absolute Gasteiger partial charge is 0.329 e. The minimum absolute atomic E-state index is 0.0918. The first kappa shape index (κ1) is 22.4. The average molecular weight is 431 g/mol. The van der Waals surface area contributed by atoms with E-state index in [4.69, 9.17) is 4.74 Å². The number of carbonyl (C=O) groups excluding carboxylic acids is 3. The quantitative estimate of drug-likeness (QED) is 0.494. The average Bonchev–Trinajstić information content (AvgIpc) is 2.94. The molecule has 30 heavy (non-hydrogen) atoms. The molecule has 0 unspecified atom stereocenters. The fraction of sp³-hybridized carbons (Fsp3) is 0.522. The van der Waals surface area contributed by atoms with Crippen molar-refractivity contribution in [1.29, 1.82) is 0 Å². The summed E-state index contributed by atoms with van der Waals surface area (Å²) in [6, 6.07) is 5.26. The van der Waals surface area contributed by atoms with Gasteiger partial charge in [-0.15, -0.1) is 0 Å². The van der Waals surface area contributed by atoms with Gasteiger partial charge in [-0.05, 0) is 88.1 Å². The molecular weight excluding hydrogens is 400 g/mol. The molecule has 0 aliphatic carbocycles. The van der Waals surface area contributed by atoms with Crippen molar-refractivity contribution < 1.29 is 19.1 Å².